The number of hydrogen-bond acceptors (Lipinski definition) is 3. The monoisotopic (exact) mass is 360 g/mol. The molecular formula is C19H21ClN2O3. The highest BCUT2D eigenvalue weighted by molar-refractivity contribution is 6.30. The SMILES string of the molecule is Cc1ccc(C(=O)NC2(C)CCN(CCc3cccc(Cl)c3)C2=O)o1. The van der Waals surface area contributed by atoms with Gasteiger partial charge in [0.2, 0.25) is 5.91 Å². The van der Waals surface area contributed by atoms with Crippen LogP contribution in [-0.4, -0.2) is 35.3 Å². The summed E-state index contributed by atoms with van der Waals surface area (Å²) in [7, 11) is 0. The van der Waals surface area contributed by atoms with E-state index in [9.17, 15) is 9.59 Å². The minimum Gasteiger partial charge on any atom is -0.456 e. The Bertz CT molecular complexity index is 801. The third kappa shape index (κ3) is 3.87. The molecule has 2 heterocycles. The molecule has 132 valence electrons. The fraction of sp³-hybridized carbons (Fsp3) is 0.368. The van der Waals surface area contributed by atoms with Crippen molar-refractivity contribution >= 4 is 23.4 Å². The van der Waals surface area contributed by atoms with E-state index in [0.717, 1.165) is 12.0 Å². The lowest BCUT2D eigenvalue weighted by Gasteiger charge is -2.24. The van der Waals surface area contributed by atoms with Crippen molar-refractivity contribution in [2.75, 3.05) is 13.1 Å². The summed E-state index contributed by atoms with van der Waals surface area (Å²) in [4.78, 5) is 26.8. The molecule has 1 aliphatic heterocycles. The van der Waals surface area contributed by atoms with E-state index in [4.69, 9.17) is 16.0 Å². The van der Waals surface area contributed by atoms with Crippen LogP contribution in [0.5, 0.6) is 0 Å². The van der Waals surface area contributed by atoms with Gasteiger partial charge in [0.05, 0.1) is 0 Å². The standard InChI is InChI=1S/C19H21ClN2O3/c1-13-6-7-16(25-13)17(23)21-19(2)9-11-22(18(19)24)10-8-14-4-3-5-15(20)12-14/h3-7,12H,8-11H2,1-2H3,(H,21,23). The van der Waals surface area contributed by atoms with Gasteiger partial charge in [-0.05, 0) is 56.5 Å². The number of nitrogens with one attached hydrogen (secondary N) is 1. The molecule has 1 atom stereocenters. The van der Waals surface area contributed by atoms with Gasteiger partial charge in [-0.2, -0.15) is 0 Å². The lowest BCUT2D eigenvalue weighted by atomic mass is 10.0. The largest absolute Gasteiger partial charge is 0.456 e. The third-order valence-electron chi connectivity index (χ3n) is 4.55. The first kappa shape index (κ1) is 17.5. The van der Waals surface area contributed by atoms with E-state index >= 15 is 0 Å². The van der Waals surface area contributed by atoms with Gasteiger partial charge in [0, 0.05) is 18.1 Å². The van der Waals surface area contributed by atoms with Gasteiger partial charge >= 0.3 is 0 Å². The Morgan fingerprint density at radius 3 is 2.84 bits per heavy atom. The van der Waals surface area contributed by atoms with Crippen molar-refractivity contribution in [2.24, 2.45) is 0 Å². The molecule has 6 heteroatoms. The smallest absolute Gasteiger partial charge is 0.287 e. The van der Waals surface area contributed by atoms with Crippen LogP contribution in [0.25, 0.3) is 0 Å². The lowest BCUT2D eigenvalue weighted by Crippen LogP contribution is -2.52. The Morgan fingerprint density at radius 1 is 1.36 bits per heavy atom. The Hall–Kier alpha value is -2.27. The molecule has 0 radical (unpaired) electrons. The van der Waals surface area contributed by atoms with Crippen LogP contribution < -0.4 is 5.32 Å². The van der Waals surface area contributed by atoms with Gasteiger partial charge in [-0.15, -0.1) is 0 Å². The molecule has 1 aromatic carbocycles. The quantitative estimate of drug-likeness (QED) is 0.890. The molecule has 1 fully saturated rings. The summed E-state index contributed by atoms with van der Waals surface area (Å²) in [6.07, 6.45) is 1.31. The zero-order chi connectivity index (χ0) is 18.0. The summed E-state index contributed by atoms with van der Waals surface area (Å²) < 4.78 is 5.33. The molecule has 1 saturated heterocycles. The number of likely N-dealkylation sites (tertiary alicyclic amines) is 1. The van der Waals surface area contributed by atoms with E-state index in [-0.39, 0.29) is 17.6 Å². The van der Waals surface area contributed by atoms with Gasteiger partial charge in [0.15, 0.2) is 5.76 Å². The molecule has 1 aliphatic rings. The Balaban J connectivity index is 1.61. The molecule has 1 aromatic heterocycles. The van der Waals surface area contributed by atoms with E-state index in [1.54, 1.807) is 30.9 Å². The minimum atomic E-state index is -0.897. The third-order valence-corrected chi connectivity index (χ3v) is 4.79. The second kappa shape index (κ2) is 6.92. The average Bonchev–Trinajstić information content (AvgIpc) is 3.11. The highest BCUT2D eigenvalue weighted by Gasteiger charge is 2.44. The number of rotatable bonds is 5. The van der Waals surface area contributed by atoms with E-state index < -0.39 is 5.54 Å². The number of benzene rings is 1. The number of nitrogens with zero attached hydrogens (tertiary/aromatic N) is 1. The number of carbonyl (C=O) groups is 2. The summed E-state index contributed by atoms with van der Waals surface area (Å²) in [5.74, 6) is 0.465. The van der Waals surface area contributed by atoms with Crippen LogP contribution in [-0.2, 0) is 11.2 Å². The average molecular weight is 361 g/mol. The second-order valence-electron chi connectivity index (χ2n) is 6.62. The molecule has 1 N–H and O–H groups in total. The van der Waals surface area contributed by atoms with Crippen molar-refractivity contribution in [1.29, 1.82) is 0 Å². The predicted molar refractivity (Wildman–Crippen MR) is 95.7 cm³/mol. The van der Waals surface area contributed by atoms with Gasteiger partial charge in [0.1, 0.15) is 11.3 Å². The predicted octanol–water partition coefficient (Wildman–Crippen LogP) is 3.20. The van der Waals surface area contributed by atoms with Crippen LogP contribution in [0.2, 0.25) is 5.02 Å². The van der Waals surface area contributed by atoms with Crippen molar-refractivity contribution < 1.29 is 14.0 Å². The number of aryl methyl sites for hydroxylation is 1. The fourth-order valence-electron chi connectivity index (χ4n) is 3.07. The van der Waals surface area contributed by atoms with Gasteiger partial charge in [-0.3, -0.25) is 9.59 Å². The maximum atomic E-state index is 12.7. The van der Waals surface area contributed by atoms with Crippen LogP contribution in [0, 0.1) is 6.92 Å². The van der Waals surface area contributed by atoms with Gasteiger partial charge < -0.3 is 14.6 Å². The van der Waals surface area contributed by atoms with Crippen LogP contribution in [0.1, 0.15) is 35.2 Å². The topological polar surface area (TPSA) is 62.6 Å². The maximum absolute atomic E-state index is 12.7. The molecule has 0 saturated carbocycles. The van der Waals surface area contributed by atoms with E-state index in [1.165, 1.54) is 0 Å². The highest BCUT2D eigenvalue weighted by Crippen LogP contribution is 2.24. The van der Waals surface area contributed by atoms with Crippen molar-refractivity contribution in [3.05, 3.63) is 58.5 Å². The summed E-state index contributed by atoms with van der Waals surface area (Å²) >= 11 is 5.99. The van der Waals surface area contributed by atoms with Gasteiger partial charge in [-0.1, -0.05) is 23.7 Å². The zero-order valence-corrected chi connectivity index (χ0v) is 15.1. The first-order valence-corrected chi connectivity index (χ1v) is 8.68. The molecule has 3 rings (SSSR count). The molecule has 25 heavy (non-hydrogen) atoms. The molecule has 0 aliphatic carbocycles. The second-order valence-corrected chi connectivity index (χ2v) is 7.06. The molecule has 0 bridgehead atoms. The Morgan fingerprint density at radius 2 is 2.16 bits per heavy atom. The van der Waals surface area contributed by atoms with Crippen LogP contribution in [0.4, 0.5) is 0 Å². The van der Waals surface area contributed by atoms with E-state index in [1.807, 2.05) is 24.3 Å². The van der Waals surface area contributed by atoms with Crippen molar-refractivity contribution in [3.63, 3.8) is 0 Å². The van der Waals surface area contributed by atoms with Crippen molar-refractivity contribution in [3.8, 4) is 0 Å². The first-order valence-electron chi connectivity index (χ1n) is 8.30. The number of furan rings is 1. The number of amides is 2. The molecule has 2 amide bonds. The number of hydrogen-bond donors (Lipinski definition) is 1. The summed E-state index contributed by atoms with van der Waals surface area (Å²) in [5.41, 5.74) is 0.190. The number of halogens is 1. The van der Waals surface area contributed by atoms with Crippen molar-refractivity contribution in [1.82, 2.24) is 10.2 Å². The van der Waals surface area contributed by atoms with E-state index in [2.05, 4.69) is 5.32 Å². The van der Waals surface area contributed by atoms with Crippen LogP contribution >= 0.6 is 11.6 Å². The molecule has 1 unspecified atom stereocenters. The zero-order valence-electron chi connectivity index (χ0n) is 14.3. The maximum Gasteiger partial charge on any atom is 0.287 e. The normalized spacial score (nSPS) is 20.1. The van der Waals surface area contributed by atoms with Crippen molar-refractivity contribution in [2.45, 2.75) is 32.2 Å². The molecule has 5 nitrogen and oxygen atoms in total. The highest BCUT2D eigenvalue weighted by atomic mass is 35.5. The van der Waals surface area contributed by atoms with Gasteiger partial charge in [-0.25, -0.2) is 0 Å². The minimum absolute atomic E-state index is 0.0637. The molecule has 2 aromatic rings. The molecular weight excluding hydrogens is 340 g/mol. The Kier molecular flexibility index (Phi) is 4.86. The first-order chi connectivity index (χ1) is 11.9. The van der Waals surface area contributed by atoms with Crippen LogP contribution in [0.15, 0.2) is 40.8 Å². The summed E-state index contributed by atoms with van der Waals surface area (Å²) in [6.45, 7) is 4.76. The fourth-order valence-corrected chi connectivity index (χ4v) is 3.28. The summed E-state index contributed by atoms with van der Waals surface area (Å²) in [5, 5.41) is 3.52. The lowest BCUT2D eigenvalue weighted by molar-refractivity contribution is -0.132. The summed E-state index contributed by atoms with van der Waals surface area (Å²) in [6, 6.07) is 11.0. The Labute approximate surface area is 151 Å². The van der Waals surface area contributed by atoms with Crippen LogP contribution in [0.3, 0.4) is 0 Å². The van der Waals surface area contributed by atoms with E-state index in [0.29, 0.717) is 30.3 Å². The molecule has 0 spiro atoms. The van der Waals surface area contributed by atoms with Gasteiger partial charge in [0.25, 0.3) is 5.91 Å². The number of carbonyl (C=O) groups excluding carboxylic acids is 2.